The number of rotatable bonds is 18. The van der Waals surface area contributed by atoms with Crippen molar-refractivity contribution >= 4 is 23.9 Å². The second kappa shape index (κ2) is 19.9. The van der Waals surface area contributed by atoms with Crippen LogP contribution in [0.15, 0.2) is 48.5 Å². The lowest BCUT2D eigenvalue weighted by atomic mass is 9.86. The number of hydrogen-bond acceptors (Lipinski definition) is 9. The van der Waals surface area contributed by atoms with Crippen molar-refractivity contribution in [3.63, 3.8) is 0 Å². The molecular formula is C40H63N7O7. The maximum Gasteiger partial charge on any atom is 0.407 e. The van der Waals surface area contributed by atoms with Crippen molar-refractivity contribution in [1.82, 2.24) is 35.9 Å². The van der Waals surface area contributed by atoms with Crippen molar-refractivity contribution in [2.45, 2.75) is 112 Å². The molecule has 3 rings (SSSR count). The number of pyridine rings is 1. The Kier molecular flexibility index (Phi) is 16.2. The quantitative estimate of drug-likeness (QED) is 0.142. The first-order chi connectivity index (χ1) is 25.4. The topological polar surface area (TPSA) is 177 Å². The van der Waals surface area contributed by atoms with E-state index >= 15 is 0 Å². The third kappa shape index (κ3) is 13.2. The summed E-state index contributed by atoms with van der Waals surface area (Å²) in [5, 5.41) is 28.9. The van der Waals surface area contributed by atoms with E-state index in [4.69, 9.17) is 4.74 Å². The zero-order chi connectivity index (χ0) is 40.2. The number of hydrazine groups is 1. The predicted molar refractivity (Wildman–Crippen MR) is 207 cm³/mol. The van der Waals surface area contributed by atoms with Crippen LogP contribution in [0.1, 0.15) is 85.2 Å². The number of hydrogen-bond donors (Lipinski definition) is 5. The van der Waals surface area contributed by atoms with Crippen molar-refractivity contribution in [3.05, 3.63) is 65.5 Å². The SMILES string of the molecule is CC[C@H](C)[C@@H](C(=O)N[C@@H](Cc1ccccc1)[C@@H](O)CN(CCC(C)(C)C)NC(=O)[C@@H](NC(=O)OC)C(C)(C)C)N1CCN(Cc2cccc(CO)n2)C1=O. The Hall–Kier alpha value is -4.27. The smallest absolute Gasteiger partial charge is 0.407 e. The number of carbonyl (C=O) groups is 4. The lowest BCUT2D eigenvalue weighted by molar-refractivity contribution is -0.132. The molecule has 1 aliphatic rings. The highest BCUT2D eigenvalue weighted by molar-refractivity contribution is 5.88. The molecule has 1 aromatic carbocycles. The molecule has 5 amide bonds. The second-order valence-corrected chi connectivity index (χ2v) is 16.5. The van der Waals surface area contributed by atoms with Gasteiger partial charge in [0.25, 0.3) is 5.91 Å². The number of benzene rings is 1. The van der Waals surface area contributed by atoms with Gasteiger partial charge in [-0.3, -0.25) is 20.0 Å². The molecule has 2 aromatic rings. The summed E-state index contributed by atoms with van der Waals surface area (Å²) in [4.78, 5) is 61.8. The molecule has 54 heavy (non-hydrogen) atoms. The van der Waals surface area contributed by atoms with Crippen LogP contribution in [0, 0.1) is 16.7 Å². The number of carbonyl (C=O) groups excluding carboxylic acids is 4. The van der Waals surface area contributed by atoms with Gasteiger partial charge in [0.05, 0.1) is 43.8 Å². The van der Waals surface area contributed by atoms with E-state index in [0.717, 1.165) is 5.56 Å². The molecular weight excluding hydrogens is 690 g/mol. The number of ether oxygens (including phenoxy) is 1. The van der Waals surface area contributed by atoms with Gasteiger partial charge in [0.1, 0.15) is 12.1 Å². The maximum atomic E-state index is 14.4. The predicted octanol–water partition coefficient (Wildman–Crippen LogP) is 3.85. The normalized spacial score (nSPS) is 16.4. The number of amides is 5. The highest BCUT2D eigenvalue weighted by Gasteiger charge is 2.41. The molecule has 1 saturated heterocycles. The van der Waals surface area contributed by atoms with Crippen LogP contribution in [0.2, 0.25) is 0 Å². The van der Waals surface area contributed by atoms with Crippen LogP contribution in [-0.2, 0) is 33.9 Å². The molecule has 0 radical (unpaired) electrons. The second-order valence-electron chi connectivity index (χ2n) is 16.5. The monoisotopic (exact) mass is 753 g/mol. The molecule has 1 aliphatic heterocycles. The van der Waals surface area contributed by atoms with Gasteiger partial charge in [-0.15, -0.1) is 0 Å². The minimum absolute atomic E-state index is 0.0288. The van der Waals surface area contributed by atoms with Crippen LogP contribution < -0.4 is 16.1 Å². The summed E-state index contributed by atoms with van der Waals surface area (Å²) in [7, 11) is 1.23. The zero-order valence-corrected chi connectivity index (χ0v) is 33.6. The fourth-order valence-electron chi connectivity index (χ4n) is 6.35. The Morgan fingerprint density at radius 2 is 1.63 bits per heavy atom. The van der Waals surface area contributed by atoms with E-state index < -0.39 is 41.6 Å². The molecule has 0 aliphatic carbocycles. The summed E-state index contributed by atoms with van der Waals surface area (Å²) in [5.41, 5.74) is 4.22. The van der Waals surface area contributed by atoms with Crippen LogP contribution in [0.25, 0.3) is 0 Å². The van der Waals surface area contributed by atoms with Gasteiger partial charge in [0.15, 0.2) is 0 Å². The van der Waals surface area contributed by atoms with Crippen LogP contribution in [0.3, 0.4) is 0 Å². The number of nitrogens with zero attached hydrogens (tertiary/aromatic N) is 4. The van der Waals surface area contributed by atoms with Gasteiger partial charge in [-0.2, -0.15) is 0 Å². The minimum atomic E-state index is -1.15. The first kappa shape index (κ1) is 44.1. The summed E-state index contributed by atoms with van der Waals surface area (Å²) in [6.07, 6.45) is -0.285. The summed E-state index contributed by atoms with van der Waals surface area (Å²) in [5.74, 6) is -1.04. The first-order valence-corrected chi connectivity index (χ1v) is 18.9. The van der Waals surface area contributed by atoms with Crippen molar-refractivity contribution in [2.75, 3.05) is 33.3 Å². The Labute approximate surface area is 321 Å². The van der Waals surface area contributed by atoms with Gasteiger partial charge in [-0.25, -0.2) is 14.6 Å². The van der Waals surface area contributed by atoms with E-state index in [9.17, 15) is 29.4 Å². The number of alkyl carbamates (subject to hydrolysis) is 1. The molecule has 0 unspecified atom stereocenters. The molecule has 5 N–H and O–H groups in total. The van der Waals surface area contributed by atoms with Gasteiger partial charge in [0, 0.05) is 26.2 Å². The average molecular weight is 754 g/mol. The summed E-state index contributed by atoms with van der Waals surface area (Å²) in [6, 6.07) is 12.0. The fraction of sp³-hybridized carbons (Fsp3) is 0.625. The first-order valence-electron chi connectivity index (χ1n) is 18.9. The number of urea groups is 1. The minimum Gasteiger partial charge on any atom is -0.453 e. The van der Waals surface area contributed by atoms with Crippen LogP contribution in [0.4, 0.5) is 9.59 Å². The van der Waals surface area contributed by atoms with E-state index in [0.29, 0.717) is 50.3 Å². The third-order valence-electron chi connectivity index (χ3n) is 9.77. The van der Waals surface area contributed by atoms with Gasteiger partial charge in [-0.1, -0.05) is 98.2 Å². The number of aliphatic hydroxyl groups excluding tert-OH is 2. The van der Waals surface area contributed by atoms with Crippen LogP contribution >= 0.6 is 0 Å². The molecule has 1 fully saturated rings. The van der Waals surface area contributed by atoms with Crippen molar-refractivity contribution in [2.24, 2.45) is 16.7 Å². The number of aromatic nitrogens is 1. The summed E-state index contributed by atoms with van der Waals surface area (Å²) < 4.78 is 4.78. The van der Waals surface area contributed by atoms with E-state index in [1.54, 1.807) is 33.0 Å². The Bertz CT molecular complexity index is 1530. The lowest BCUT2D eigenvalue weighted by Gasteiger charge is -2.36. The lowest BCUT2D eigenvalue weighted by Crippen LogP contribution is -2.60. The van der Waals surface area contributed by atoms with Crippen molar-refractivity contribution < 1.29 is 34.1 Å². The van der Waals surface area contributed by atoms with Crippen LogP contribution in [0.5, 0.6) is 0 Å². The highest BCUT2D eigenvalue weighted by Crippen LogP contribution is 2.24. The number of aliphatic hydroxyl groups is 2. The summed E-state index contributed by atoms with van der Waals surface area (Å²) >= 11 is 0. The van der Waals surface area contributed by atoms with E-state index in [-0.39, 0.29) is 43.0 Å². The number of methoxy groups -OCH3 is 1. The Balaban J connectivity index is 1.88. The van der Waals surface area contributed by atoms with Gasteiger partial charge in [-0.05, 0) is 47.3 Å². The van der Waals surface area contributed by atoms with Crippen molar-refractivity contribution in [1.29, 1.82) is 0 Å². The van der Waals surface area contributed by atoms with Crippen molar-refractivity contribution in [3.8, 4) is 0 Å². The van der Waals surface area contributed by atoms with Crippen LogP contribution in [-0.4, -0.2) is 111 Å². The van der Waals surface area contributed by atoms with E-state index in [2.05, 4.69) is 41.8 Å². The van der Waals surface area contributed by atoms with E-state index in [1.807, 2.05) is 65.0 Å². The Morgan fingerprint density at radius 3 is 2.22 bits per heavy atom. The van der Waals surface area contributed by atoms with Gasteiger partial charge in [0.2, 0.25) is 5.91 Å². The highest BCUT2D eigenvalue weighted by atomic mass is 16.5. The Morgan fingerprint density at radius 1 is 0.963 bits per heavy atom. The largest absolute Gasteiger partial charge is 0.453 e. The number of nitrogens with one attached hydrogen (secondary N) is 3. The standard InChI is InChI=1S/C40H63N7O7/c1-10-27(2)33(47-22-21-45(38(47)53)24-29-17-14-18-30(26-48)41-29)35(50)42-31(23-28-15-12-11-13-16-28)32(49)25-46(20-19-39(3,4)5)44-36(51)34(40(6,7)8)43-37(52)54-9/h11-18,27,31-34,48-49H,10,19-26H2,1-9H3,(H,42,50)(H,43,52)(H,44,51)/t27-,31-,32-,33-,34+/m0/s1. The molecule has 0 saturated carbocycles. The molecule has 0 bridgehead atoms. The third-order valence-corrected chi connectivity index (χ3v) is 9.77. The van der Waals surface area contributed by atoms with E-state index in [1.165, 1.54) is 7.11 Å². The molecule has 1 aromatic heterocycles. The van der Waals surface area contributed by atoms with Gasteiger partial charge < -0.3 is 35.4 Å². The fourth-order valence-corrected chi connectivity index (χ4v) is 6.35. The molecule has 5 atom stereocenters. The average Bonchev–Trinajstić information content (AvgIpc) is 3.46. The summed E-state index contributed by atoms with van der Waals surface area (Å²) in [6.45, 7) is 16.8. The molecule has 14 heteroatoms. The molecule has 300 valence electrons. The van der Waals surface area contributed by atoms with Gasteiger partial charge >= 0.3 is 12.1 Å². The zero-order valence-electron chi connectivity index (χ0n) is 33.6. The molecule has 14 nitrogen and oxygen atoms in total. The molecule has 2 heterocycles. The molecule has 0 spiro atoms. The maximum absolute atomic E-state index is 14.4.